The fourth-order valence-corrected chi connectivity index (χ4v) is 2.12. The van der Waals surface area contributed by atoms with Gasteiger partial charge in [0.25, 0.3) is 0 Å². The second-order valence-corrected chi connectivity index (χ2v) is 3.85. The summed E-state index contributed by atoms with van der Waals surface area (Å²) in [6, 6.07) is 0.0127. The number of hydrogen-bond acceptors (Lipinski definition) is 2. The van der Waals surface area contributed by atoms with Gasteiger partial charge in [-0.05, 0) is 31.7 Å². The summed E-state index contributed by atoms with van der Waals surface area (Å²) in [6.07, 6.45) is 2.31. The number of amides is 1. The molecular weight excluding hydrogens is 140 g/mol. The number of piperidine rings is 1. The number of likely N-dealkylation sites (tertiary alicyclic amines) is 1. The van der Waals surface area contributed by atoms with Gasteiger partial charge in [0.15, 0.2) is 0 Å². The monoisotopic (exact) mass is 154 g/mol. The van der Waals surface area contributed by atoms with Crippen LogP contribution in [0.3, 0.4) is 0 Å². The fourth-order valence-electron chi connectivity index (χ4n) is 2.12. The van der Waals surface area contributed by atoms with E-state index in [2.05, 4.69) is 4.90 Å². The molecule has 0 radical (unpaired) electrons. The Balaban J connectivity index is 2.03. The van der Waals surface area contributed by atoms with Crippen LogP contribution in [0, 0.1) is 11.8 Å². The highest BCUT2D eigenvalue weighted by Crippen LogP contribution is 2.46. The molecule has 0 spiro atoms. The summed E-state index contributed by atoms with van der Waals surface area (Å²) in [5, 5.41) is 0. The lowest BCUT2D eigenvalue weighted by Crippen LogP contribution is -2.46. The number of carbonyl (C=O) groups is 1. The van der Waals surface area contributed by atoms with Crippen molar-refractivity contribution in [2.45, 2.75) is 18.9 Å². The average Bonchev–Trinajstić information content (AvgIpc) is 2.63. The maximum atomic E-state index is 10.9. The van der Waals surface area contributed by atoms with Crippen molar-refractivity contribution in [1.82, 2.24) is 4.90 Å². The Kier molecular flexibility index (Phi) is 1.42. The number of rotatable bonds is 1. The Morgan fingerprint density at radius 3 is 2.82 bits per heavy atom. The molecule has 0 aromatic carbocycles. The molecule has 2 aliphatic rings. The van der Waals surface area contributed by atoms with Crippen LogP contribution in [0.4, 0.5) is 0 Å². The van der Waals surface area contributed by atoms with Gasteiger partial charge in [0.1, 0.15) is 0 Å². The third-order valence-electron chi connectivity index (χ3n) is 2.98. The first-order valence-corrected chi connectivity index (χ1v) is 4.18. The lowest BCUT2D eigenvalue weighted by molar-refractivity contribution is -0.123. The largest absolute Gasteiger partial charge is 0.368 e. The van der Waals surface area contributed by atoms with Crippen LogP contribution in [0.5, 0.6) is 0 Å². The van der Waals surface area contributed by atoms with Crippen LogP contribution in [-0.4, -0.2) is 30.4 Å². The standard InChI is InChI=1S/C8H14N2O/c1-10-4-6-2-5(6)3-7(10)8(9)11/h5-7H,2-4H2,1H3,(H2,9,11). The molecule has 0 aromatic heterocycles. The zero-order chi connectivity index (χ0) is 8.01. The molecule has 3 unspecified atom stereocenters. The first kappa shape index (κ1) is 7.10. The Labute approximate surface area is 66.5 Å². The molecule has 0 aromatic rings. The first-order chi connectivity index (χ1) is 5.18. The van der Waals surface area contributed by atoms with Gasteiger partial charge in [-0.2, -0.15) is 0 Å². The number of carbonyl (C=O) groups excluding carboxylic acids is 1. The Morgan fingerprint density at radius 1 is 1.45 bits per heavy atom. The number of nitrogens with zero attached hydrogens (tertiary/aromatic N) is 1. The van der Waals surface area contributed by atoms with Crippen molar-refractivity contribution in [1.29, 1.82) is 0 Å². The van der Waals surface area contributed by atoms with E-state index < -0.39 is 0 Å². The molecule has 1 aliphatic carbocycles. The van der Waals surface area contributed by atoms with E-state index in [9.17, 15) is 4.79 Å². The maximum Gasteiger partial charge on any atom is 0.234 e. The van der Waals surface area contributed by atoms with E-state index in [0.29, 0.717) is 0 Å². The molecule has 2 rings (SSSR count). The molecule has 1 saturated heterocycles. The average molecular weight is 154 g/mol. The summed E-state index contributed by atoms with van der Waals surface area (Å²) in [5.41, 5.74) is 5.26. The van der Waals surface area contributed by atoms with Gasteiger partial charge in [-0.25, -0.2) is 0 Å². The number of fused-ring (bicyclic) bond motifs is 1. The lowest BCUT2D eigenvalue weighted by Gasteiger charge is -2.29. The molecular formula is C8H14N2O. The van der Waals surface area contributed by atoms with Gasteiger partial charge >= 0.3 is 0 Å². The Hall–Kier alpha value is -0.570. The minimum absolute atomic E-state index is 0.0127. The van der Waals surface area contributed by atoms with E-state index in [1.54, 1.807) is 0 Å². The molecule has 62 valence electrons. The quantitative estimate of drug-likeness (QED) is 0.569. The highest BCUT2D eigenvalue weighted by atomic mass is 16.1. The normalized spacial score (nSPS) is 43.2. The van der Waals surface area contributed by atoms with E-state index in [1.807, 2.05) is 7.05 Å². The summed E-state index contributed by atoms with van der Waals surface area (Å²) in [7, 11) is 1.99. The highest BCUT2D eigenvalue weighted by molar-refractivity contribution is 5.80. The smallest absolute Gasteiger partial charge is 0.234 e. The molecule has 2 fully saturated rings. The topological polar surface area (TPSA) is 46.3 Å². The van der Waals surface area contributed by atoms with Gasteiger partial charge in [0.05, 0.1) is 6.04 Å². The van der Waals surface area contributed by atoms with Gasteiger partial charge < -0.3 is 5.73 Å². The fraction of sp³-hybridized carbons (Fsp3) is 0.875. The number of nitrogens with two attached hydrogens (primary N) is 1. The first-order valence-electron chi connectivity index (χ1n) is 4.18. The molecule has 2 N–H and O–H groups in total. The molecule has 3 nitrogen and oxygen atoms in total. The van der Waals surface area contributed by atoms with Crippen LogP contribution in [0.15, 0.2) is 0 Å². The summed E-state index contributed by atoms with van der Waals surface area (Å²) in [5.74, 6) is 1.53. The number of primary amides is 1. The molecule has 0 bridgehead atoms. The summed E-state index contributed by atoms with van der Waals surface area (Å²) in [6.45, 7) is 1.07. The predicted molar refractivity (Wildman–Crippen MR) is 41.8 cm³/mol. The van der Waals surface area contributed by atoms with Gasteiger partial charge in [-0.3, -0.25) is 9.69 Å². The molecule has 3 heteroatoms. The molecule has 1 heterocycles. The third kappa shape index (κ3) is 1.13. The Bertz CT molecular complexity index is 193. The zero-order valence-corrected chi connectivity index (χ0v) is 6.79. The van der Waals surface area contributed by atoms with E-state index in [-0.39, 0.29) is 11.9 Å². The Morgan fingerprint density at radius 2 is 2.18 bits per heavy atom. The molecule has 1 saturated carbocycles. The molecule has 3 atom stereocenters. The summed E-state index contributed by atoms with van der Waals surface area (Å²) in [4.78, 5) is 13.0. The number of likely N-dealkylation sites (N-methyl/N-ethyl adjacent to an activating group) is 1. The van der Waals surface area contributed by atoms with Crippen LogP contribution in [0.1, 0.15) is 12.8 Å². The van der Waals surface area contributed by atoms with Crippen molar-refractivity contribution in [3.8, 4) is 0 Å². The highest BCUT2D eigenvalue weighted by Gasteiger charge is 2.45. The SMILES string of the molecule is CN1CC2CC2CC1C(N)=O. The predicted octanol–water partition coefficient (Wildman–Crippen LogP) is -0.188. The summed E-state index contributed by atoms with van der Waals surface area (Å²) >= 11 is 0. The van der Waals surface area contributed by atoms with Crippen molar-refractivity contribution >= 4 is 5.91 Å². The maximum absolute atomic E-state index is 10.9. The minimum Gasteiger partial charge on any atom is -0.368 e. The second-order valence-electron chi connectivity index (χ2n) is 3.85. The second kappa shape index (κ2) is 2.21. The summed E-state index contributed by atoms with van der Waals surface area (Å²) < 4.78 is 0. The number of hydrogen-bond donors (Lipinski definition) is 1. The van der Waals surface area contributed by atoms with Crippen LogP contribution >= 0.6 is 0 Å². The molecule has 11 heavy (non-hydrogen) atoms. The molecule has 1 aliphatic heterocycles. The van der Waals surface area contributed by atoms with Gasteiger partial charge in [0, 0.05) is 6.54 Å². The van der Waals surface area contributed by atoms with E-state index in [1.165, 1.54) is 6.42 Å². The van der Waals surface area contributed by atoms with E-state index in [4.69, 9.17) is 5.73 Å². The van der Waals surface area contributed by atoms with Crippen molar-refractivity contribution in [3.63, 3.8) is 0 Å². The van der Waals surface area contributed by atoms with Crippen molar-refractivity contribution in [3.05, 3.63) is 0 Å². The third-order valence-corrected chi connectivity index (χ3v) is 2.98. The van der Waals surface area contributed by atoms with Crippen molar-refractivity contribution in [2.75, 3.05) is 13.6 Å². The van der Waals surface area contributed by atoms with E-state index in [0.717, 1.165) is 24.8 Å². The van der Waals surface area contributed by atoms with E-state index >= 15 is 0 Å². The van der Waals surface area contributed by atoms with Crippen molar-refractivity contribution in [2.24, 2.45) is 17.6 Å². The lowest BCUT2D eigenvalue weighted by atomic mass is 10.0. The van der Waals surface area contributed by atoms with Crippen LogP contribution < -0.4 is 5.73 Å². The molecule has 1 amide bonds. The van der Waals surface area contributed by atoms with Gasteiger partial charge in [-0.1, -0.05) is 0 Å². The van der Waals surface area contributed by atoms with Crippen LogP contribution in [0.2, 0.25) is 0 Å². The van der Waals surface area contributed by atoms with Crippen LogP contribution in [0.25, 0.3) is 0 Å². The van der Waals surface area contributed by atoms with Crippen molar-refractivity contribution < 1.29 is 4.79 Å². The minimum atomic E-state index is -0.155. The van der Waals surface area contributed by atoms with Crippen LogP contribution in [-0.2, 0) is 4.79 Å². The zero-order valence-electron chi connectivity index (χ0n) is 6.79. The van der Waals surface area contributed by atoms with Gasteiger partial charge in [-0.15, -0.1) is 0 Å². The van der Waals surface area contributed by atoms with Gasteiger partial charge in [0.2, 0.25) is 5.91 Å².